The van der Waals surface area contributed by atoms with Gasteiger partial charge < -0.3 is 0 Å². The maximum Gasteiger partial charge on any atom is 0.140 e. The fraction of sp³-hybridized carbons (Fsp3) is 0.400. The first kappa shape index (κ1) is 9.13. The highest BCUT2D eigenvalue weighted by Gasteiger charge is 2.21. The third-order valence-electron chi connectivity index (χ3n) is 2.40. The molecule has 0 amide bonds. The molecule has 0 bridgehead atoms. The van der Waals surface area contributed by atoms with Gasteiger partial charge in [0, 0.05) is 18.3 Å². The summed E-state index contributed by atoms with van der Waals surface area (Å²) in [6.45, 7) is 2.13. The zero-order valence-corrected chi connectivity index (χ0v) is 7.99. The monoisotopic (exact) mass is 188 g/mol. The first-order valence-electron chi connectivity index (χ1n) is 4.66. The third kappa shape index (κ3) is 1.74. The van der Waals surface area contributed by atoms with Crippen molar-refractivity contribution in [2.24, 2.45) is 0 Å². The minimum absolute atomic E-state index is 0.310. The van der Waals surface area contributed by atoms with E-state index < -0.39 is 0 Å². The molecule has 0 radical (unpaired) electrons. The first-order valence-corrected chi connectivity index (χ1v) is 4.66. The molecule has 72 valence electrons. The summed E-state index contributed by atoms with van der Waals surface area (Å²) in [5.41, 5.74) is 7.93. The summed E-state index contributed by atoms with van der Waals surface area (Å²) in [4.78, 5) is 4.04. The molecule has 4 nitrogen and oxygen atoms in total. The van der Waals surface area contributed by atoms with Crippen molar-refractivity contribution in [3.8, 4) is 6.07 Å². The second kappa shape index (κ2) is 3.74. The van der Waals surface area contributed by atoms with Gasteiger partial charge in [-0.25, -0.2) is 10.4 Å². The topological polar surface area (TPSA) is 60.7 Å². The summed E-state index contributed by atoms with van der Waals surface area (Å²) in [6.07, 6.45) is 2.81. The summed E-state index contributed by atoms with van der Waals surface area (Å²) in [5, 5.41) is 8.60. The standard InChI is InChI=1S/C10H12N4/c1-7-4-10(14-13-7)8-2-3-9(5-11)12-6-8/h2-3,6-7,10,13-14H,4H2,1H3. The fourth-order valence-electron chi connectivity index (χ4n) is 1.61. The van der Waals surface area contributed by atoms with E-state index in [1.807, 2.05) is 12.1 Å². The van der Waals surface area contributed by atoms with Crippen LogP contribution in [0.25, 0.3) is 0 Å². The van der Waals surface area contributed by atoms with Crippen LogP contribution in [0.15, 0.2) is 18.3 Å². The number of nitriles is 1. The average molecular weight is 188 g/mol. The van der Waals surface area contributed by atoms with Crippen LogP contribution in [0.5, 0.6) is 0 Å². The number of hydrogen-bond donors (Lipinski definition) is 2. The number of pyridine rings is 1. The lowest BCUT2D eigenvalue weighted by Crippen LogP contribution is -2.28. The Bertz CT molecular complexity index is 351. The zero-order valence-electron chi connectivity index (χ0n) is 7.99. The van der Waals surface area contributed by atoms with Crippen LogP contribution in [-0.4, -0.2) is 11.0 Å². The number of aromatic nitrogens is 1. The van der Waals surface area contributed by atoms with Gasteiger partial charge in [0.15, 0.2) is 0 Å². The Morgan fingerprint density at radius 3 is 2.86 bits per heavy atom. The molecule has 1 saturated heterocycles. The van der Waals surface area contributed by atoms with E-state index in [1.54, 1.807) is 12.3 Å². The predicted octanol–water partition coefficient (Wildman–Crippen LogP) is 0.881. The van der Waals surface area contributed by atoms with Gasteiger partial charge in [0.05, 0.1) is 0 Å². The van der Waals surface area contributed by atoms with Gasteiger partial charge >= 0.3 is 0 Å². The molecule has 1 aromatic heterocycles. The number of nitrogens with zero attached hydrogens (tertiary/aromatic N) is 2. The Morgan fingerprint density at radius 2 is 2.36 bits per heavy atom. The van der Waals surface area contributed by atoms with E-state index in [0.717, 1.165) is 12.0 Å². The lowest BCUT2D eigenvalue weighted by atomic mass is 10.0. The van der Waals surface area contributed by atoms with Gasteiger partial charge in [-0.15, -0.1) is 0 Å². The maximum absolute atomic E-state index is 8.60. The Hall–Kier alpha value is -1.44. The quantitative estimate of drug-likeness (QED) is 0.686. The van der Waals surface area contributed by atoms with Crippen molar-refractivity contribution < 1.29 is 0 Å². The van der Waals surface area contributed by atoms with Crippen LogP contribution in [-0.2, 0) is 0 Å². The minimum atomic E-state index is 0.310. The molecule has 1 aliphatic rings. The van der Waals surface area contributed by atoms with Crippen molar-refractivity contribution in [3.05, 3.63) is 29.6 Å². The first-order chi connectivity index (χ1) is 6.79. The van der Waals surface area contributed by atoms with Gasteiger partial charge in [-0.05, 0) is 25.0 Å². The number of hydrazine groups is 1. The Labute approximate surface area is 82.9 Å². The van der Waals surface area contributed by atoms with E-state index in [2.05, 4.69) is 22.8 Å². The molecular weight excluding hydrogens is 176 g/mol. The zero-order chi connectivity index (χ0) is 9.97. The molecule has 2 heterocycles. The van der Waals surface area contributed by atoms with Crippen LogP contribution in [0, 0.1) is 11.3 Å². The van der Waals surface area contributed by atoms with Crippen molar-refractivity contribution in [2.75, 3.05) is 0 Å². The molecule has 0 spiro atoms. The van der Waals surface area contributed by atoms with Crippen molar-refractivity contribution in [1.29, 1.82) is 5.26 Å². The van der Waals surface area contributed by atoms with Crippen LogP contribution in [0.2, 0.25) is 0 Å². The number of hydrogen-bond acceptors (Lipinski definition) is 4. The Kier molecular flexibility index (Phi) is 2.44. The Balaban J connectivity index is 2.14. The molecule has 1 fully saturated rings. The number of rotatable bonds is 1. The van der Waals surface area contributed by atoms with Gasteiger partial charge in [0.25, 0.3) is 0 Å². The Morgan fingerprint density at radius 1 is 1.50 bits per heavy atom. The molecule has 2 rings (SSSR count). The highest BCUT2D eigenvalue weighted by atomic mass is 15.4. The van der Waals surface area contributed by atoms with Gasteiger partial charge in [0.2, 0.25) is 0 Å². The van der Waals surface area contributed by atoms with Gasteiger partial charge in [-0.3, -0.25) is 5.43 Å². The summed E-state index contributed by atoms with van der Waals surface area (Å²) in [5.74, 6) is 0. The van der Waals surface area contributed by atoms with Crippen molar-refractivity contribution in [2.45, 2.75) is 25.4 Å². The van der Waals surface area contributed by atoms with Crippen LogP contribution in [0.4, 0.5) is 0 Å². The van der Waals surface area contributed by atoms with Crippen molar-refractivity contribution in [1.82, 2.24) is 15.8 Å². The van der Waals surface area contributed by atoms with Crippen LogP contribution in [0.1, 0.15) is 30.6 Å². The largest absolute Gasteiger partial charge is 0.254 e. The predicted molar refractivity (Wildman–Crippen MR) is 52.0 cm³/mol. The van der Waals surface area contributed by atoms with E-state index in [9.17, 15) is 0 Å². The smallest absolute Gasteiger partial charge is 0.140 e. The van der Waals surface area contributed by atoms with Gasteiger partial charge in [-0.1, -0.05) is 6.07 Å². The van der Waals surface area contributed by atoms with E-state index in [1.165, 1.54) is 0 Å². The molecule has 2 unspecified atom stereocenters. The second-order valence-electron chi connectivity index (χ2n) is 3.57. The third-order valence-corrected chi connectivity index (χ3v) is 2.40. The van der Waals surface area contributed by atoms with E-state index in [4.69, 9.17) is 5.26 Å². The van der Waals surface area contributed by atoms with Gasteiger partial charge in [0.1, 0.15) is 11.8 Å². The van der Waals surface area contributed by atoms with E-state index in [-0.39, 0.29) is 0 Å². The SMILES string of the molecule is CC1CC(c2ccc(C#N)nc2)NN1. The molecular formula is C10H12N4. The average Bonchev–Trinajstić information content (AvgIpc) is 2.65. The summed E-state index contributed by atoms with van der Waals surface area (Å²) in [7, 11) is 0. The van der Waals surface area contributed by atoms with E-state index >= 15 is 0 Å². The molecule has 1 aromatic rings. The second-order valence-corrected chi connectivity index (χ2v) is 3.57. The molecule has 0 aliphatic carbocycles. The summed E-state index contributed by atoms with van der Waals surface area (Å²) >= 11 is 0. The number of nitrogens with one attached hydrogen (secondary N) is 2. The minimum Gasteiger partial charge on any atom is -0.254 e. The van der Waals surface area contributed by atoms with Crippen LogP contribution in [0.3, 0.4) is 0 Å². The van der Waals surface area contributed by atoms with Crippen LogP contribution >= 0.6 is 0 Å². The molecule has 2 N–H and O–H groups in total. The van der Waals surface area contributed by atoms with Crippen molar-refractivity contribution in [3.63, 3.8) is 0 Å². The van der Waals surface area contributed by atoms with Gasteiger partial charge in [-0.2, -0.15) is 5.26 Å². The molecule has 4 heteroatoms. The molecule has 0 saturated carbocycles. The highest BCUT2D eigenvalue weighted by Crippen LogP contribution is 2.20. The van der Waals surface area contributed by atoms with Crippen molar-refractivity contribution >= 4 is 0 Å². The molecule has 14 heavy (non-hydrogen) atoms. The normalized spacial score (nSPS) is 26.0. The summed E-state index contributed by atoms with van der Waals surface area (Å²) < 4.78 is 0. The lowest BCUT2D eigenvalue weighted by Gasteiger charge is -2.08. The fourth-order valence-corrected chi connectivity index (χ4v) is 1.61. The lowest BCUT2D eigenvalue weighted by molar-refractivity contribution is 0.559. The summed E-state index contributed by atoms with van der Waals surface area (Å²) in [6, 6.07) is 6.50. The molecule has 1 aliphatic heterocycles. The highest BCUT2D eigenvalue weighted by molar-refractivity contribution is 5.25. The molecule has 2 atom stereocenters. The van der Waals surface area contributed by atoms with Crippen LogP contribution < -0.4 is 10.9 Å². The maximum atomic E-state index is 8.60. The molecule has 0 aromatic carbocycles. The van der Waals surface area contributed by atoms with E-state index in [0.29, 0.717) is 17.8 Å².